The fourth-order valence-corrected chi connectivity index (χ4v) is 0.525. The first-order valence-corrected chi connectivity index (χ1v) is 4.08. The Labute approximate surface area is 74.2 Å². The van der Waals surface area contributed by atoms with Crippen LogP contribution in [-0.4, -0.2) is 16.4 Å². The van der Waals surface area contributed by atoms with Gasteiger partial charge in [0, 0.05) is 0 Å². The lowest BCUT2D eigenvalue weighted by Crippen LogP contribution is -2.20. The van der Waals surface area contributed by atoms with Crippen LogP contribution in [0.4, 0.5) is 4.79 Å². The van der Waals surface area contributed by atoms with E-state index in [1.165, 1.54) is 0 Å². The summed E-state index contributed by atoms with van der Waals surface area (Å²) in [5, 5.41) is 0. The van der Waals surface area contributed by atoms with Crippen molar-refractivity contribution in [2.24, 2.45) is 0 Å². The second kappa shape index (κ2) is 4.00. The maximum absolute atomic E-state index is 10.6. The highest BCUT2D eigenvalue weighted by atomic mass is 127. The number of rotatable bonds is 2. The molecule has 0 aromatic heterocycles. The van der Waals surface area contributed by atoms with E-state index in [2.05, 4.69) is 4.74 Å². The Bertz CT molecular complexity index is 117. The molecule has 0 fully saturated rings. The normalized spacial score (nSPS) is 10.8. The van der Waals surface area contributed by atoms with Gasteiger partial charge in [0.05, 0.1) is 6.61 Å². The van der Waals surface area contributed by atoms with Crippen LogP contribution in [0.15, 0.2) is 0 Å². The zero-order valence-corrected chi connectivity index (χ0v) is 8.47. The zero-order valence-electron chi connectivity index (χ0n) is 6.31. The fourth-order valence-electron chi connectivity index (χ4n) is 0.345. The SMILES string of the molecule is CCOC(=O)OC(C)(C)I. The van der Waals surface area contributed by atoms with Crippen molar-refractivity contribution in [1.82, 2.24) is 0 Å². The molecule has 4 heteroatoms. The number of carbonyl (C=O) groups excluding carboxylic acids is 1. The summed E-state index contributed by atoms with van der Waals surface area (Å²) in [6.45, 7) is 5.65. The van der Waals surface area contributed by atoms with Crippen molar-refractivity contribution in [1.29, 1.82) is 0 Å². The lowest BCUT2D eigenvalue weighted by atomic mass is 10.5. The molecule has 0 aliphatic carbocycles. The quantitative estimate of drug-likeness (QED) is 0.433. The molecule has 0 aromatic carbocycles. The Balaban J connectivity index is 3.58. The molecule has 0 rings (SSSR count). The van der Waals surface area contributed by atoms with Gasteiger partial charge in [0.1, 0.15) is 0 Å². The van der Waals surface area contributed by atoms with Crippen LogP contribution in [-0.2, 0) is 9.47 Å². The van der Waals surface area contributed by atoms with Gasteiger partial charge in [-0.15, -0.1) is 0 Å². The summed E-state index contributed by atoms with van der Waals surface area (Å²) in [5.41, 5.74) is 0. The predicted molar refractivity (Wildman–Crippen MR) is 46.2 cm³/mol. The van der Waals surface area contributed by atoms with E-state index in [1.807, 2.05) is 22.6 Å². The summed E-state index contributed by atoms with van der Waals surface area (Å²) in [6, 6.07) is 0. The Kier molecular flexibility index (Phi) is 4.00. The average Bonchev–Trinajstić information content (AvgIpc) is 1.59. The standard InChI is InChI=1S/C6H11IO3/c1-4-9-5(8)10-6(2,3)7/h4H2,1-3H3. The Morgan fingerprint density at radius 1 is 1.60 bits per heavy atom. The van der Waals surface area contributed by atoms with E-state index in [0.29, 0.717) is 6.61 Å². The van der Waals surface area contributed by atoms with E-state index in [4.69, 9.17) is 4.74 Å². The summed E-state index contributed by atoms with van der Waals surface area (Å²) in [7, 11) is 0. The van der Waals surface area contributed by atoms with Crippen molar-refractivity contribution in [3.05, 3.63) is 0 Å². The minimum atomic E-state index is -0.609. The lowest BCUT2D eigenvalue weighted by Gasteiger charge is -2.16. The van der Waals surface area contributed by atoms with Crippen molar-refractivity contribution in [3.8, 4) is 0 Å². The number of hydrogen-bond donors (Lipinski definition) is 0. The summed E-state index contributed by atoms with van der Waals surface area (Å²) in [6.07, 6.45) is -0.609. The first-order valence-electron chi connectivity index (χ1n) is 3.00. The molecule has 0 saturated carbocycles. The van der Waals surface area contributed by atoms with E-state index in [-0.39, 0.29) is 0 Å². The second-order valence-electron chi connectivity index (χ2n) is 2.15. The van der Waals surface area contributed by atoms with Crippen molar-refractivity contribution < 1.29 is 14.3 Å². The third-order valence-corrected chi connectivity index (χ3v) is 0.808. The third kappa shape index (κ3) is 6.12. The number of carbonyl (C=O) groups is 1. The largest absolute Gasteiger partial charge is 0.509 e. The minimum absolute atomic E-state index is 0.353. The summed E-state index contributed by atoms with van der Waals surface area (Å²) >= 11 is 2.01. The van der Waals surface area contributed by atoms with Gasteiger partial charge in [0.15, 0.2) is 3.61 Å². The van der Waals surface area contributed by atoms with E-state index in [9.17, 15) is 4.79 Å². The number of halogens is 1. The van der Waals surface area contributed by atoms with Crippen LogP contribution in [0.1, 0.15) is 20.8 Å². The number of alkyl halides is 1. The van der Waals surface area contributed by atoms with Crippen molar-refractivity contribution in [3.63, 3.8) is 0 Å². The molecular weight excluding hydrogens is 247 g/mol. The van der Waals surface area contributed by atoms with Crippen LogP contribution in [0.2, 0.25) is 0 Å². The van der Waals surface area contributed by atoms with Gasteiger partial charge in [0.25, 0.3) is 0 Å². The summed E-state index contributed by atoms with van der Waals surface area (Å²) < 4.78 is 8.87. The molecule has 0 N–H and O–H groups in total. The smallest absolute Gasteiger partial charge is 0.435 e. The minimum Gasteiger partial charge on any atom is -0.435 e. The molecule has 0 amide bonds. The van der Waals surface area contributed by atoms with Gasteiger partial charge in [0.2, 0.25) is 0 Å². The number of hydrogen-bond acceptors (Lipinski definition) is 3. The monoisotopic (exact) mass is 258 g/mol. The zero-order chi connectivity index (χ0) is 8.20. The van der Waals surface area contributed by atoms with E-state index in [1.54, 1.807) is 20.8 Å². The van der Waals surface area contributed by atoms with Gasteiger partial charge >= 0.3 is 6.16 Å². The van der Waals surface area contributed by atoms with Crippen molar-refractivity contribution in [2.45, 2.75) is 24.4 Å². The molecule has 0 atom stereocenters. The van der Waals surface area contributed by atoms with Gasteiger partial charge in [-0.25, -0.2) is 4.79 Å². The predicted octanol–water partition coefficient (Wildman–Crippen LogP) is 2.33. The van der Waals surface area contributed by atoms with E-state index in [0.717, 1.165) is 0 Å². The highest BCUT2D eigenvalue weighted by molar-refractivity contribution is 14.1. The van der Waals surface area contributed by atoms with Gasteiger partial charge in [-0.3, -0.25) is 0 Å². The Morgan fingerprint density at radius 2 is 2.10 bits per heavy atom. The van der Waals surface area contributed by atoms with Crippen LogP contribution in [0.5, 0.6) is 0 Å². The Morgan fingerprint density at radius 3 is 2.40 bits per heavy atom. The van der Waals surface area contributed by atoms with Crippen LogP contribution in [0, 0.1) is 0 Å². The molecule has 0 bridgehead atoms. The fraction of sp³-hybridized carbons (Fsp3) is 0.833. The highest BCUT2D eigenvalue weighted by Crippen LogP contribution is 2.18. The Hall–Kier alpha value is 0. The van der Waals surface area contributed by atoms with Crippen LogP contribution in [0.25, 0.3) is 0 Å². The first-order chi connectivity index (χ1) is 4.45. The average molecular weight is 258 g/mol. The molecule has 0 aliphatic heterocycles. The summed E-state index contributed by atoms with van der Waals surface area (Å²) in [4.78, 5) is 10.6. The molecule has 60 valence electrons. The van der Waals surface area contributed by atoms with Gasteiger partial charge in [-0.2, -0.15) is 0 Å². The van der Waals surface area contributed by atoms with Crippen LogP contribution < -0.4 is 0 Å². The topological polar surface area (TPSA) is 35.5 Å². The van der Waals surface area contributed by atoms with Gasteiger partial charge in [-0.1, -0.05) is 0 Å². The van der Waals surface area contributed by atoms with E-state index >= 15 is 0 Å². The molecule has 0 heterocycles. The lowest BCUT2D eigenvalue weighted by molar-refractivity contribution is 0.0320. The third-order valence-electron chi connectivity index (χ3n) is 0.588. The van der Waals surface area contributed by atoms with Crippen molar-refractivity contribution in [2.75, 3.05) is 6.61 Å². The van der Waals surface area contributed by atoms with Crippen LogP contribution >= 0.6 is 22.6 Å². The maximum atomic E-state index is 10.6. The molecule has 3 nitrogen and oxygen atoms in total. The highest BCUT2D eigenvalue weighted by Gasteiger charge is 2.18. The maximum Gasteiger partial charge on any atom is 0.509 e. The molecule has 0 saturated heterocycles. The van der Waals surface area contributed by atoms with Crippen molar-refractivity contribution >= 4 is 28.7 Å². The summed E-state index contributed by atoms with van der Waals surface area (Å²) in [5.74, 6) is 0. The van der Waals surface area contributed by atoms with E-state index < -0.39 is 9.76 Å². The number of ether oxygens (including phenoxy) is 2. The molecule has 0 aliphatic rings. The molecule has 0 radical (unpaired) electrons. The van der Waals surface area contributed by atoms with Gasteiger partial charge < -0.3 is 9.47 Å². The molecule has 0 unspecified atom stereocenters. The second-order valence-corrected chi connectivity index (χ2v) is 4.75. The van der Waals surface area contributed by atoms with Crippen LogP contribution in [0.3, 0.4) is 0 Å². The molecular formula is C6H11IO3. The van der Waals surface area contributed by atoms with Gasteiger partial charge in [-0.05, 0) is 43.4 Å². The molecule has 10 heavy (non-hydrogen) atoms. The molecule has 0 aromatic rings. The first kappa shape index (κ1) is 10.0. The molecule has 0 spiro atoms.